The lowest BCUT2D eigenvalue weighted by atomic mass is 9.97. The minimum Gasteiger partial charge on any atom is -0.480 e. The van der Waals surface area contributed by atoms with Crippen molar-refractivity contribution >= 4 is 10.9 Å². The quantitative estimate of drug-likeness (QED) is 0.503. The number of hydrogen-bond acceptors (Lipinski definition) is 6. The van der Waals surface area contributed by atoms with Gasteiger partial charge in [0.05, 0.1) is 24.5 Å². The number of hydrogen-bond donors (Lipinski definition) is 0. The van der Waals surface area contributed by atoms with E-state index in [-0.39, 0.29) is 5.41 Å². The largest absolute Gasteiger partial charge is 0.480 e. The van der Waals surface area contributed by atoms with Crippen LogP contribution in [0.5, 0.6) is 5.88 Å². The van der Waals surface area contributed by atoms with Crippen molar-refractivity contribution in [1.82, 2.24) is 25.0 Å². The van der Waals surface area contributed by atoms with Crippen molar-refractivity contribution in [2.45, 2.75) is 27.3 Å². The number of aromatic nitrogens is 5. The van der Waals surface area contributed by atoms with Crippen molar-refractivity contribution < 1.29 is 4.74 Å². The normalized spacial score (nSPS) is 11.4. The van der Waals surface area contributed by atoms with E-state index >= 15 is 0 Å². The number of ether oxygens (including phenoxy) is 1. The van der Waals surface area contributed by atoms with Crippen LogP contribution >= 0.6 is 0 Å². The van der Waals surface area contributed by atoms with E-state index in [1.165, 1.54) is 0 Å². The van der Waals surface area contributed by atoms with Gasteiger partial charge >= 0.3 is 0 Å². The van der Waals surface area contributed by atoms with Crippen LogP contribution < -0.4 is 4.74 Å². The van der Waals surface area contributed by atoms with Crippen molar-refractivity contribution in [2.24, 2.45) is 5.41 Å². The number of fused-ring (bicyclic) bond motifs is 1. The molecule has 150 valence electrons. The first-order chi connectivity index (χ1) is 14.4. The zero-order valence-corrected chi connectivity index (χ0v) is 17.4. The molecule has 0 N–H and O–H groups in total. The molecule has 0 atom stereocenters. The van der Waals surface area contributed by atoms with Gasteiger partial charge in [0.1, 0.15) is 11.8 Å². The van der Waals surface area contributed by atoms with E-state index in [0.29, 0.717) is 17.3 Å². The molecular formula is C23H22N6O. The van der Waals surface area contributed by atoms with Crippen molar-refractivity contribution in [3.63, 3.8) is 0 Å². The van der Waals surface area contributed by atoms with Crippen LogP contribution in [0.1, 0.15) is 26.5 Å². The van der Waals surface area contributed by atoms with Gasteiger partial charge in [-0.25, -0.2) is 4.98 Å². The second kappa shape index (κ2) is 7.56. The maximum absolute atomic E-state index is 9.37. The number of benzene rings is 1. The summed E-state index contributed by atoms with van der Waals surface area (Å²) >= 11 is 0. The molecule has 30 heavy (non-hydrogen) atoms. The van der Waals surface area contributed by atoms with Gasteiger partial charge in [-0.05, 0) is 23.6 Å². The van der Waals surface area contributed by atoms with Crippen molar-refractivity contribution in [1.29, 1.82) is 5.26 Å². The molecule has 7 heteroatoms. The molecule has 0 saturated carbocycles. The third kappa shape index (κ3) is 3.98. The van der Waals surface area contributed by atoms with Gasteiger partial charge in [0, 0.05) is 40.9 Å². The Labute approximate surface area is 175 Å². The second-order valence-electron chi connectivity index (χ2n) is 8.35. The molecule has 1 aromatic carbocycles. The van der Waals surface area contributed by atoms with E-state index in [9.17, 15) is 5.26 Å². The van der Waals surface area contributed by atoms with E-state index < -0.39 is 0 Å². The summed E-state index contributed by atoms with van der Waals surface area (Å²) in [5.41, 5.74) is 4.64. The number of methoxy groups -OCH3 is 1. The minimum absolute atomic E-state index is 0.118. The van der Waals surface area contributed by atoms with Crippen LogP contribution in [-0.2, 0) is 6.54 Å². The molecule has 0 radical (unpaired) electrons. The first-order valence-corrected chi connectivity index (χ1v) is 9.62. The maximum Gasteiger partial charge on any atom is 0.233 e. The second-order valence-corrected chi connectivity index (χ2v) is 8.35. The van der Waals surface area contributed by atoms with Crippen molar-refractivity contribution in [2.75, 3.05) is 7.11 Å². The summed E-state index contributed by atoms with van der Waals surface area (Å²) in [4.78, 5) is 4.59. The Morgan fingerprint density at radius 2 is 1.90 bits per heavy atom. The lowest BCUT2D eigenvalue weighted by molar-refractivity contribution is 0.325. The zero-order valence-electron chi connectivity index (χ0n) is 17.4. The van der Waals surface area contributed by atoms with E-state index in [1.807, 2.05) is 47.4 Å². The summed E-state index contributed by atoms with van der Waals surface area (Å²) in [6.45, 7) is 7.33. The topological polar surface area (TPSA) is 89.5 Å². The Balaban J connectivity index is 1.82. The molecule has 0 aliphatic heterocycles. The zero-order chi connectivity index (χ0) is 21.3. The predicted octanol–water partition coefficient (Wildman–Crippen LogP) is 4.48. The van der Waals surface area contributed by atoms with Gasteiger partial charge in [0.25, 0.3) is 0 Å². The van der Waals surface area contributed by atoms with Gasteiger partial charge in [0.2, 0.25) is 5.88 Å². The summed E-state index contributed by atoms with van der Waals surface area (Å²) in [6, 6.07) is 13.5. The first-order valence-electron chi connectivity index (χ1n) is 9.62. The van der Waals surface area contributed by atoms with Gasteiger partial charge < -0.3 is 4.74 Å². The van der Waals surface area contributed by atoms with Crippen LogP contribution in [0.25, 0.3) is 33.3 Å². The van der Waals surface area contributed by atoms with E-state index in [0.717, 1.165) is 34.1 Å². The van der Waals surface area contributed by atoms with E-state index in [2.05, 4.69) is 47.1 Å². The minimum atomic E-state index is 0.118. The average molecular weight is 398 g/mol. The molecule has 3 aromatic heterocycles. The van der Waals surface area contributed by atoms with Gasteiger partial charge in [0.15, 0.2) is 0 Å². The Bertz CT molecular complexity index is 1260. The first kappa shape index (κ1) is 19.5. The summed E-state index contributed by atoms with van der Waals surface area (Å²) in [5.74, 6) is 0.465. The lowest BCUT2D eigenvalue weighted by Crippen LogP contribution is -2.15. The van der Waals surface area contributed by atoms with Crippen LogP contribution in [0.4, 0.5) is 0 Å². The van der Waals surface area contributed by atoms with Crippen LogP contribution in [0, 0.1) is 16.7 Å². The highest BCUT2D eigenvalue weighted by molar-refractivity contribution is 5.88. The van der Waals surface area contributed by atoms with Gasteiger partial charge in [-0.3, -0.25) is 4.68 Å². The van der Waals surface area contributed by atoms with Crippen LogP contribution in [-0.4, -0.2) is 32.1 Å². The molecule has 0 fully saturated rings. The molecule has 0 amide bonds. The molecular weight excluding hydrogens is 376 g/mol. The van der Waals surface area contributed by atoms with Crippen molar-refractivity contribution in [3.05, 3.63) is 54.5 Å². The standard InChI is InChI=1S/C23H22N6O/c1-23(2,3)14-29-13-17(12-25-29)19-8-7-18(11-24)26-22(19)16-6-5-15-10-21(30-4)28-27-20(15)9-16/h5-10,12-13H,14H2,1-4H3. The molecule has 0 bridgehead atoms. The number of pyridine rings is 1. The monoisotopic (exact) mass is 398 g/mol. The molecule has 4 aromatic rings. The molecule has 7 nitrogen and oxygen atoms in total. The summed E-state index contributed by atoms with van der Waals surface area (Å²) < 4.78 is 7.09. The highest BCUT2D eigenvalue weighted by Gasteiger charge is 2.16. The smallest absolute Gasteiger partial charge is 0.233 e. The molecule has 3 heterocycles. The lowest BCUT2D eigenvalue weighted by Gasteiger charge is -2.17. The predicted molar refractivity (Wildman–Crippen MR) is 115 cm³/mol. The van der Waals surface area contributed by atoms with Crippen molar-refractivity contribution in [3.8, 4) is 34.3 Å². The molecule has 4 rings (SSSR count). The summed E-state index contributed by atoms with van der Waals surface area (Å²) in [6.07, 6.45) is 3.85. The van der Waals surface area contributed by atoms with Crippen LogP contribution in [0.3, 0.4) is 0 Å². The molecule has 0 saturated heterocycles. The number of rotatable bonds is 4. The summed E-state index contributed by atoms with van der Waals surface area (Å²) in [5, 5.41) is 23.1. The van der Waals surface area contributed by atoms with Gasteiger partial charge in [-0.1, -0.05) is 32.9 Å². The molecule has 0 spiro atoms. The Morgan fingerprint density at radius 3 is 2.63 bits per heavy atom. The fourth-order valence-electron chi connectivity index (χ4n) is 3.31. The van der Waals surface area contributed by atoms with Crippen LogP contribution in [0.2, 0.25) is 0 Å². The number of nitriles is 1. The van der Waals surface area contributed by atoms with E-state index in [1.54, 1.807) is 13.2 Å². The molecule has 0 aliphatic carbocycles. The average Bonchev–Trinajstić information content (AvgIpc) is 3.19. The maximum atomic E-state index is 9.37. The molecule has 0 aliphatic rings. The highest BCUT2D eigenvalue weighted by Crippen LogP contribution is 2.32. The summed E-state index contributed by atoms with van der Waals surface area (Å²) in [7, 11) is 1.56. The highest BCUT2D eigenvalue weighted by atomic mass is 16.5. The fraction of sp³-hybridized carbons (Fsp3) is 0.261. The third-order valence-corrected chi connectivity index (χ3v) is 4.64. The number of nitrogens with zero attached hydrogens (tertiary/aromatic N) is 6. The molecule has 0 unspecified atom stereocenters. The van der Waals surface area contributed by atoms with Gasteiger partial charge in [-0.15, -0.1) is 10.2 Å². The Kier molecular flexibility index (Phi) is 4.92. The Hall–Kier alpha value is -3.79. The van der Waals surface area contributed by atoms with Gasteiger partial charge in [-0.2, -0.15) is 10.4 Å². The van der Waals surface area contributed by atoms with E-state index in [4.69, 9.17) is 4.74 Å². The SMILES string of the molecule is COc1cc2ccc(-c3nc(C#N)ccc3-c3cnn(CC(C)(C)C)c3)cc2nn1. The third-order valence-electron chi connectivity index (χ3n) is 4.64. The fourth-order valence-corrected chi connectivity index (χ4v) is 3.31. The Morgan fingerprint density at radius 1 is 1.07 bits per heavy atom. The van der Waals surface area contributed by atoms with Crippen LogP contribution in [0.15, 0.2) is 48.8 Å².